The Labute approximate surface area is 191 Å². The van der Waals surface area contributed by atoms with Crippen LogP contribution in [0.2, 0.25) is 0 Å². The van der Waals surface area contributed by atoms with Crippen molar-refractivity contribution in [3.8, 4) is 0 Å². The van der Waals surface area contributed by atoms with Crippen LogP contribution in [0.3, 0.4) is 0 Å². The number of carbonyl (C=O) groups excluding carboxylic acids is 1. The molecule has 0 fully saturated rings. The first kappa shape index (κ1) is 23.2. The van der Waals surface area contributed by atoms with Crippen molar-refractivity contribution in [3.63, 3.8) is 0 Å². The molecule has 7 nitrogen and oxygen atoms in total. The number of amides is 1. The number of hydrogen-bond donors (Lipinski definition) is 1. The lowest BCUT2D eigenvalue weighted by atomic mass is 10.1. The van der Waals surface area contributed by atoms with Crippen molar-refractivity contribution in [2.45, 2.75) is 36.9 Å². The topological polar surface area (TPSA) is 92.3 Å². The molecule has 1 heterocycles. The Morgan fingerprint density at radius 3 is 2.48 bits per heavy atom. The van der Waals surface area contributed by atoms with Crippen molar-refractivity contribution in [1.82, 2.24) is 10.2 Å². The summed E-state index contributed by atoms with van der Waals surface area (Å²) in [4.78, 5) is 12.9. The Bertz CT molecular complexity index is 1170. The normalized spacial score (nSPS) is 11.4. The molecule has 31 heavy (non-hydrogen) atoms. The number of benzene rings is 2. The van der Waals surface area contributed by atoms with Crippen LogP contribution in [0.25, 0.3) is 0 Å². The predicted octanol–water partition coefficient (Wildman–Crippen LogP) is 4.41. The van der Waals surface area contributed by atoms with E-state index in [4.69, 9.17) is 0 Å². The van der Waals surface area contributed by atoms with Crippen LogP contribution >= 0.6 is 23.1 Å². The van der Waals surface area contributed by atoms with Crippen molar-refractivity contribution in [3.05, 3.63) is 59.2 Å². The molecule has 0 aliphatic heterocycles. The number of nitrogens with zero attached hydrogens (tertiary/aromatic N) is 3. The summed E-state index contributed by atoms with van der Waals surface area (Å²) in [5, 5.41) is 11.0. The summed E-state index contributed by atoms with van der Waals surface area (Å²) in [7, 11) is -3.97. The fraction of sp³-hybridized carbons (Fsp3) is 0.286. The maximum atomic E-state index is 13.5. The molecule has 0 radical (unpaired) electrons. The zero-order chi connectivity index (χ0) is 22.6. The van der Waals surface area contributed by atoms with E-state index in [1.165, 1.54) is 23.1 Å². The summed E-state index contributed by atoms with van der Waals surface area (Å²) in [6.07, 6.45) is 0. The summed E-state index contributed by atoms with van der Waals surface area (Å²) in [5.74, 6) is 0.360. The first-order chi connectivity index (χ1) is 14.7. The third-order valence-electron chi connectivity index (χ3n) is 4.66. The number of aryl methyl sites for hydroxylation is 2. The maximum absolute atomic E-state index is 13.5. The Morgan fingerprint density at radius 2 is 1.81 bits per heavy atom. The summed E-state index contributed by atoms with van der Waals surface area (Å²) in [6.45, 7) is 7.26. The standard InChI is InChI=1S/C21H24N4O3S3/c1-5-29-21-24-23-20(30-21)22-19(26)13-25(18-8-6-7-15(3)16(18)4)31(27,28)17-11-9-14(2)10-12-17/h6-12H,5,13H2,1-4H3,(H,22,23,26). The van der Waals surface area contributed by atoms with Crippen LogP contribution in [0.4, 0.5) is 10.8 Å². The van der Waals surface area contributed by atoms with Crippen LogP contribution in [-0.2, 0) is 14.8 Å². The lowest BCUT2D eigenvalue weighted by Crippen LogP contribution is -2.38. The van der Waals surface area contributed by atoms with Crippen LogP contribution in [-0.4, -0.2) is 36.8 Å². The minimum Gasteiger partial charge on any atom is -0.299 e. The van der Waals surface area contributed by atoms with Crippen molar-refractivity contribution < 1.29 is 13.2 Å². The maximum Gasteiger partial charge on any atom is 0.264 e. The van der Waals surface area contributed by atoms with E-state index in [0.717, 1.165) is 31.1 Å². The first-order valence-electron chi connectivity index (χ1n) is 9.64. The van der Waals surface area contributed by atoms with E-state index >= 15 is 0 Å². The lowest BCUT2D eigenvalue weighted by molar-refractivity contribution is -0.114. The molecule has 0 bridgehead atoms. The van der Waals surface area contributed by atoms with Crippen molar-refractivity contribution in [2.24, 2.45) is 0 Å². The van der Waals surface area contributed by atoms with Crippen LogP contribution in [0, 0.1) is 20.8 Å². The van der Waals surface area contributed by atoms with Crippen molar-refractivity contribution >= 4 is 49.8 Å². The Balaban J connectivity index is 1.94. The molecule has 3 rings (SSSR count). The van der Waals surface area contributed by atoms with E-state index in [1.54, 1.807) is 36.4 Å². The zero-order valence-electron chi connectivity index (χ0n) is 17.7. The largest absolute Gasteiger partial charge is 0.299 e. The van der Waals surface area contributed by atoms with Crippen LogP contribution in [0.1, 0.15) is 23.6 Å². The molecule has 0 saturated heterocycles. The highest BCUT2D eigenvalue weighted by Gasteiger charge is 2.29. The van der Waals surface area contributed by atoms with E-state index in [-0.39, 0.29) is 11.4 Å². The number of carbonyl (C=O) groups is 1. The third kappa shape index (κ3) is 5.44. The molecule has 1 amide bonds. The average molecular weight is 477 g/mol. The molecule has 0 saturated carbocycles. The first-order valence-corrected chi connectivity index (χ1v) is 12.9. The van der Waals surface area contributed by atoms with E-state index in [1.807, 2.05) is 33.8 Å². The lowest BCUT2D eigenvalue weighted by Gasteiger charge is -2.26. The second-order valence-electron chi connectivity index (χ2n) is 6.90. The highest BCUT2D eigenvalue weighted by Crippen LogP contribution is 2.29. The van der Waals surface area contributed by atoms with Gasteiger partial charge in [0, 0.05) is 0 Å². The van der Waals surface area contributed by atoms with Gasteiger partial charge < -0.3 is 0 Å². The monoisotopic (exact) mass is 476 g/mol. The van der Waals surface area contributed by atoms with Gasteiger partial charge >= 0.3 is 0 Å². The molecule has 2 aromatic carbocycles. The third-order valence-corrected chi connectivity index (χ3v) is 8.29. The number of aromatic nitrogens is 2. The summed E-state index contributed by atoms with van der Waals surface area (Å²) < 4.78 is 28.9. The van der Waals surface area contributed by atoms with E-state index in [9.17, 15) is 13.2 Å². The number of nitrogens with one attached hydrogen (secondary N) is 1. The van der Waals surface area contributed by atoms with Gasteiger partial charge in [-0.2, -0.15) is 0 Å². The highest BCUT2D eigenvalue weighted by molar-refractivity contribution is 8.01. The van der Waals surface area contributed by atoms with Crippen LogP contribution in [0.15, 0.2) is 51.7 Å². The summed E-state index contributed by atoms with van der Waals surface area (Å²) >= 11 is 2.79. The fourth-order valence-electron chi connectivity index (χ4n) is 2.87. The Morgan fingerprint density at radius 1 is 1.10 bits per heavy atom. The van der Waals surface area contributed by atoms with Crippen LogP contribution in [0.5, 0.6) is 0 Å². The quantitative estimate of drug-likeness (QED) is 0.382. The highest BCUT2D eigenvalue weighted by atomic mass is 32.2. The molecule has 1 aromatic heterocycles. The smallest absolute Gasteiger partial charge is 0.264 e. The van der Waals surface area contributed by atoms with E-state index in [2.05, 4.69) is 15.5 Å². The molecule has 3 aromatic rings. The average Bonchev–Trinajstić information content (AvgIpc) is 3.16. The van der Waals surface area contributed by atoms with Gasteiger partial charge in [0.2, 0.25) is 11.0 Å². The molecule has 0 aliphatic carbocycles. The van der Waals surface area contributed by atoms with Gasteiger partial charge in [0.05, 0.1) is 10.6 Å². The molecule has 0 unspecified atom stereocenters. The summed E-state index contributed by atoms with van der Waals surface area (Å²) in [6, 6.07) is 12.0. The fourth-order valence-corrected chi connectivity index (χ4v) is 6.02. The molecule has 0 spiro atoms. The SMILES string of the molecule is CCSc1nnc(NC(=O)CN(c2cccc(C)c2C)S(=O)(=O)c2ccc(C)cc2)s1. The van der Waals surface area contributed by atoms with Gasteiger partial charge in [0.1, 0.15) is 6.54 Å². The van der Waals surface area contributed by atoms with E-state index in [0.29, 0.717) is 10.8 Å². The molecule has 1 N–H and O–H groups in total. The Kier molecular flexibility index (Phi) is 7.34. The molecular formula is C21H24N4O3S3. The molecule has 0 aliphatic rings. The number of rotatable bonds is 8. The second kappa shape index (κ2) is 9.80. The van der Waals surface area contributed by atoms with Gasteiger partial charge in [-0.05, 0) is 55.9 Å². The van der Waals surface area contributed by atoms with Gasteiger partial charge in [0.25, 0.3) is 10.0 Å². The zero-order valence-corrected chi connectivity index (χ0v) is 20.2. The van der Waals surface area contributed by atoms with Crippen molar-refractivity contribution in [1.29, 1.82) is 0 Å². The number of hydrogen-bond acceptors (Lipinski definition) is 7. The number of anilines is 2. The molecule has 164 valence electrons. The van der Waals surface area contributed by atoms with Crippen molar-refractivity contribution in [2.75, 3.05) is 21.9 Å². The minimum absolute atomic E-state index is 0.129. The van der Waals surface area contributed by atoms with Gasteiger partial charge in [-0.25, -0.2) is 8.42 Å². The predicted molar refractivity (Wildman–Crippen MR) is 127 cm³/mol. The summed E-state index contributed by atoms with van der Waals surface area (Å²) in [5.41, 5.74) is 3.15. The van der Waals surface area contributed by atoms with Gasteiger partial charge in [0.15, 0.2) is 4.34 Å². The molecular weight excluding hydrogens is 452 g/mol. The van der Waals surface area contributed by atoms with Gasteiger partial charge in [-0.1, -0.05) is 59.9 Å². The van der Waals surface area contributed by atoms with Gasteiger partial charge in [-0.15, -0.1) is 10.2 Å². The number of thioether (sulfide) groups is 1. The minimum atomic E-state index is -3.97. The van der Waals surface area contributed by atoms with Gasteiger partial charge in [-0.3, -0.25) is 14.4 Å². The van der Waals surface area contributed by atoms with Crippen LogP contribution < -0.4 is 9.62 Å². The van der Waals surface area contributed by atoms with E-state index < -0.39 is 15.9 Å². The Hall–Kier alpha value is -2.43. The molecule has 0 atom stereocenters. The second-order valence-corrected chi connectivity index (χ2v) is 11.2. The number of sulfonamides is 1. The molecule has 10 heteroatoms.